The summed E-state index contributed by atoms with van der Waals surface area (Å²) in [6.07, 6.45) is 3.79. The first kappa shape index (κ1) is 12.8. The number of nitrogen functional groups attached to an aromatic ring is 1. The third kappa shape index (κ3) is 3.16. The monoisotopic (exact) mass is 249 g/mol. The lowest BCUT2D eigenvalue weighted by atomic mass is 10.2. The summed E-state index contributed by atoms with van der Waals surface area (Å²) < 4.78 is 0. The van der Waals surface area contributed by atoms with Gasteiger partial charge in [-0.1, -0.05) is 6.42 Å². The summed E-state index contributed by atoms with van der Waals surface area (Å²) in [7, 11) is 0. The van der Waals surface area contributed by atoms with Crippen molar-refractivity contribution in [2.45, 2.75) is 39.2 Å². The molecule has 0 atom stereocenters. The Hall–Kier alpha value is -1.69. The molecule has 0 aromatic carbocycles. The number of aryl methyl sites for hydroxylation is 1. The molecule has 0 aliphatic carbocycles. The number of hydrazine groups is 1. The van der Waals surface area contributed by atoms with Gasteiger partial charge < -0.3 is 10.3 Å². The topological polar surface area (TPSA) is 84.1 Å². The molecule has 98 valence electrons. The molecular weight excluding hydrogens is 230 g/mol. The van der Waals surface area contributed by atoms with Crippen LogP contribution in [-0.4, -0.2) is 27.3 Å². The van der Waals surface area contributed by atoms with Gasteiger partial charge in [-0.25, -0.2) is 15.8 Å². The van der Waals surface area contributed by atoms with Crippen LogP contribution in [0.5, 0.6) is 0 Å². The summed E-state index contributed by atoms with van der Waals surface area (Å²) >= 11 is 0. The number of nitrogens with two attached hydrogens (primary N) is 1. The molecule has 6 nitrogen and oxygen atoms in total. The lowest BCUT2D eigenvalue weighted by molar-refractivity contribution is -0.131. The van der Waals surface area contributed by atoms with Crippen LogP contribution in [-0.2, 0) is 11.3 Å². The van der Waals surface area contributed by atoms with Crippen molar-refractivity contribution in [1.29, 1.82) is 0 Å². The zero-order valence-corrected chi connectivity index (χ0v) is 10.6. The van der Waals surface area contributed by atoms with Crippen LogP contribution < -0.4 is 11.3 Å². The summed E-state index contributed by atoms with van der Waals surface area (Å²) in [5.41, 5.74) is 3.36. The Bertz CT molecular complexity index is 434. The predicted octanol–water partition coefficient (Wildman–Crippen LogP) is 0.973. The molecule has 0 bridgehead atoms. The van der Waals surface area contributed by atoms with Crippen LogP contribution in [0.3, 0.4) is 0 Å². The number of hydrogen-bond donors (Lipinski definition) is 2. The van der Waals surface area contributed by atoms with Crippen molar-refractivity contribution in [1.82, 2.24) is 14.9 Å². The molecule has 1 aromatic heterocycles. The highest BCUT2D eigenvalue weighted by Gasteiger charge is 2.18. The Morgan fingerprint density at radius 3 is 3.00 bits per heavy atom. The summed E-state index contributed by atoms with van der Waals surface area (Å²) in [5.74, 6) is 6.77. The number of likely N-dealkylation sites (tertiary alicyclic amines) is 1. The van der Waals surface area contributed by atoms with E-state index < -0.39 is 0 Å². The van der Waals surface area contributed by atoms with Crippen molar-refractivity contribution < 1.29 is 4.79 Å². The van der Waals surface area contributed by atoms with Gasteiger partial charge in [0.15, 0.2) is 0 Å². The number of rotatable bonds is 3. The number of aromatic nitrogens is 2. The maximum absolute atomic E-state index is 11.9. The van der Waals surface area contributed by atoms with E-state index in [0.717, 1.165) is 31.5 Å². The molecule has 0 unspecified atom stereocenters. The van der Waals surface area contributed by atoms with E-state index in [-0.39, 0.29) is 5.91 Å². The van der Waals surface area contributed by atoms with Crippen molar-refractivity contribution in [2.24, 2.45) is 5.84 Å². The molecule has 1 aliphatic heterocycles. The molecule has 1 aromatic rings. The lowest BCUT2D eigenvalue weighted by Crippen LogP contribution is -2.30. The highest BCUT2D eigenvalue weighted by atomic mass is 16.2. The second-order valence-electron chi connectivity index (χ2n) is 4.58. The van der Waals surface area contributed by atoms with E-state index in [0.29, 0.717) is 24.6 Å². The van der Waals surface area contributed by atoms with Crippen LogP contribution in [0.15, 0.2) is 6.07 Å². The molecule has 0 spiro atoms. The normalized spacial score (nSPS) is 16.6. The van der Waals surface area contributed by atoms with Crippen molar-refractivity contribution >= 4 is 11.7 Å². The molecule has 2 heterocycles. The standard InChI is InChI=1S/C12H19N5O/c1-9-7-10(16-13)15-11(14-9)8-17-6-4-2-3-5-12(17)18/h7H,2-6,8,13H2,1H3,(H,14,15,16). The van der Waals surface area contributed by atoms with E-state index in [1.165, 1.54) is 0 Å². The minimum atomic E-state index is 0.194. The third-order valence-electron chi connectivity index (χ3n) is 3.05. The van der Waals surface area contributed by atoms with Gasteiger partial charge in [0.2, 0.25) is 5.91 Å². The van der Waals surface area contributed by atoms with Crippen LogP contribution in [0.2, 0.25) is 0 Å². The number of carbonyl (C=O) groups excluding carboxylic acids is 1. The molecule has 6 heteroatoms. The summed E-state index contributed by atoms with van der Waals surface area (Å²) in [5, 5.41) is 0. The van der Waals surface area contributed by atoms with Gasteiger partial charge in [-0.05, 0) is 19.8 Å². The smallest absolute Gasteiger partial charge is 0.222 e. The minimum absolute atomic E-state index is 0.194. The maximum Gasteiger partial charge on any atom is 0.222 e. The molecule has 1 aliphatic rings. The minimum Gasteiger partial charge on any atom is -0.335 e. The zero-order valence-electron chi connectivity index (χ0n) is 10.6. The largest absolute Gasteiger partial charge is 0.335 e. The van der Waals surface area contributed by atoms with Gasteiger partial charge in [0.25, 0.3) is 0 Å². The van der Waals surface area contributed by atoms with E-state index >= 15 is 0 Å². The molecule has 1 fully saturated rings. The maximum atomic E-state index is 11.9. The second-order valence-corrected chi connectivity index (χ2v) is 4.58. The van der Waals surface area contributed by atoms with E-state index in [2.05, 4.69) is 15.4 Å². The molecule has 3 N–H and O–H groups in total. The fourth-order valence-corrected chi connectivity index (χ4v) is 2.15. The van der Waals surface area contributed by atoms with Crippen molar-refractivity contribution in [3.8, 4) is 0 Å². The van der Waals surface area contributed by atoms with E-state index in [1.807, 2.05) is 11.8 Å². The fourth-order valence-electron chi connectivity index (χ4n) is 2.15. The highest BCUT2D eigenvalue weighted by molar-refractivity contribution is 5.76. The van der Waals surface area contributed by atoms with Gasteiger partial charge in [0.1, 0.15) is 11.6 Å². The van der Waals surface area contributed by atoms with Crippen molar-refractivity contribution in [2.75, 3.05) is 12.0 Å². The van der Waals surface area contributed by atoms with E-state index in [4.69, 9.17) is 5.84 Å². The first-order valence-corrected chi connectivity index (χ1v) is 6.28. The zero-order chi connectivity index (χ0) is 13.0. The molecule has 0 radical (unpaired) electrons. The number of carbonyl (C=O) groups is 1. The lowest BCUT2D eigenvalue weighted by Gasteiger charge is -2.19. The molecule has 2 rings (SSSR count). The highest BCUT2D eigenvalue weighted by Crippen LogP contribution is 2.14. The predicted molar refractivity (Wildman–Crippen MR) is 68.5 cm³/mol. The molecule has 0 saturated carbocycles. The van der Waals surface area contributed by atoms with Crippen LogP contribution in [0.1, 0.15) is 37.2 Å². The average Bonchev–Trinajstić information content (AvgIpc) is 2.54. The molecular formula is C12H19N5O. The third-order valence-corrected chi connectivity index (χ3v) is 3.05. The van der Waals surface area contributed by atoms with Gasteiger partial charge in [-0.15, -0.1) is 0 Å². The summed E-state index contributed by atoms with van der Waals surface area (Å²) in [6.45, 7) is 3.15. The number of amides is 1. The number of hydrogen-bond acceptors (Lipinski definition) is 5. The Morgan fingerprint density at radius 1 is 1.39 bits per heavy atom. The Morgan fingerprint density at radius 2 is 2.22 bits per heavy atom. The first-order chi connectivity index (χ1) is 8.69. The van der Waals surface area contributed by atoms with E-state index in [9.17, 15) is 4.79 Å². The summed E-state index contributed by atoms with van der Waals surface area (Å²) in [4.78, 5) is 22.3. The van der Waals surface area contributed by atoms with Crippen LogP contribution in [0.4, 0.5) is 5.82 Å². The Labute approximate surface area is 107 Å². The van der Waals surface area contributed by atoms with Crippen LogP contribution in [0, 0.1) is 6.92 Å². The SMILES string of the molecule is Cc1cc(NN)nc(CN2CCCCCC2=O)n1. The fraction of sp³-hybridized carbons (Fsp3) is 0.583. The van der Waals surface area contributed by atoms with Gasteiger partial charge in [-0.3, -0.25) is 4.79 Å². The quantitative estimate of drug-likeness (QED) is 0.616. The van der Waals surface area contributed by atoms with Gasteiger partial charge in [-0.2, -0.15) is 0 Å². The van der Waals surface area contributed by atoms with Crippen LogP contribution in [0.25, 0.3) is 0 Å². The van der Waals surface area contributed by atoms with Crippen LogP contribution >= 0.6 is 0 Å². The molecule has 18 heavy (non-hydrogen) atoms. The number of nitrogens with one attached hydrogen (secondary N) is 1. The molecule has 1 amide bonds. The second kappa shape index (κ2) is 5.77. The Balaban J connectivity index is 2.12. The number of anilines is 1. The Kier molecular flexibility index (Phi) is 4.09. The van der Waals surface area contributed by atoms with Crippen molar-refractivity contribution in [3.63, 3.8) is 0 Å². The first-order valence-electron chi connectivity index (χ1n) is 6.28. The number of nitrogens with zero attached hydrogens (tertiary/aromatic N) is 3. The van der Waals surface area contributed by atoms with Gasteiger partial charge >= 0.3 is 0 Å². The average molecular weight is 249 g/mol. The van der Waals surface area contributed by atoms with E-state index in [1.54, 1.807) is 6.07 Å². The van der Waals surface area contributed by atoms with Gasteiger partial charge in [0.05, 0.1) is 6.54 Å². The van der Waals surface area contributed by atoms with Crippen molar-refractivity contribution in [3.05, 3.63) is 17.6 Å². The van der Waals surface area contributed by atoms with Gasteiger partial charge in [0, 0.05) is 24.7 Å². The summed E-state index contributed by atoms with van der Waals surface area (Å²) in [6, 6.07) is 1.77. The molecule has 1 saturated heterocycles.